The van der Waals surface area contributed by atoms with Gasteiger partial charge in [-0.15, -0.1) is 0 Å². The number of nitro groups is 1. The Kier molecular flexibility index (Phi) is 3.97. The molecular formula is C21H17N5O3. The van der Waals surface area contributed by atoms with Crippen molar-refractivity contribution in [1.82, 2.24) is 19.6 Å². The maximum Gasteiger partial charge on any atom is 0.293 e. The molecule has 0 spiro atoms. The third kappa shape index (κ3) is 3.08. The summed E-state index contributed by atoms with van der Waals surface area (Å²) in [6.07, 6.45) is 3.78. The normalized spacial score (nSPS) is 13.7. The molecule has 0 radical (unpaired) electrons. The Hall–Kier alpha value is -3.81. The van der Waals surface area contributed by atoms with Crippen LogP contribution in [0.2, 0.25) is 0 Å². The van der Waals surface area contributed by atoms with Gasteiger partial charge in [0, 0.05) is 23.4 Å². The van der Waals surface area contributed by atoms with Crippen molar-refractivity contribution in [3.63, 3.8) is 0 Å². The second-order valence-corrected chi connectivity index (χ2v) is 7.20. The fraction of sp³-hybridized carbons (Fsp3) is 0.190. The number of benzene rings is 2. The van der Waals surface area contributed by atoms with Gasteiger partial charge in [0.25, 0.3) is 11.2 Å². The molecule has 8 nitrogen and oxygen atoms in total. The van der Waals surface area contributed by atoms with Gasteiger partial charge in [-0.1, -0.05) is 30.3 Å². The highest BCUT2D eigenvalue weighted by Gasteiger charge is 2.30. The van der Waals surface area contributed by atoms with Crippen molar-refractivity contribution in [2.24, 2.45) is 0 Å². The van der Waals surface area contributed by atoms with E-state index >= 15 is 0 Å². The van der Waals surface area contributed by atoms with Gasteiger partial charge in [0.2, 0.25) is 0 Å². The SMILES string of the molecule is O=c1c2c(cnn2-c2ccccc2)c(C2CC2)nn1Cc1cccc([N+](=O)[O-])c1. The molecule has 0 N–H and O–H groups in total. The average molecular weight is 387 g/mol. The number of hydrogen-bond donors (Lipinski definition) is 0. The lowest BCUT2D eigenvalue weighted by atomic mass is 10.2. The largest absolute Gasteiger partial charge is 0.293 e. The molecule has 0 unspecified atom stereocenters. The molecule has 2 aromatic carbocycles. The number of rotatable bonds is 5. The van der Waals surface area contributed by atoms with Gasteiger partial charge in [-0.05, 0) is 30.5 Å². The van der Waals surface area contributed by atoms with Crippen molar-refractivity contribution >= 4 is 16.6 Å². The fourth-order valence-corrected chi connectivity index (χ4v) is 3.57. The molecule has 8 heteroatoms. The van der Waals surface area contributed by atoms with E-state index in [0.29, 0.717) is 17.0 Å². The number of fused-ring (bicyclic) bond motifs is 1. The maximum atomic E-state index is 13.3. The predicted molar refractivity (Wildman–Crippen MR) is 107 cm³/mol. The van der Waals surface area contributed by atoms with Crippen LogP contribution in [0, 0.1) is 10.1 Å². The predicted octanol–water partition coefficient (Wildman–Crippen LogP) is 3.42. The average Bonchev–Trinajstić information content (AvgIpc) is 3.48. The zero-order valence-corrected chi connectivity index (χ0v) is 15.4. The molecule has 1 aliphatic carbocycles. The highest BCUT2D eigenvalue weighted by atomic mass is 16.6. The Morgan fingerprint density at radius 1 is 1.10 bits per heavy atom. The summed E-state index contributed by atoms with van der Waals surface area (Å²) in [5, 5.41) is 20.9. The van der Waals surface area contributed by atoms with Crippen LogP contribution in [0.15, 0.2) is 65.6 Å². The molecule has 144 valence electrons. The second-order valence-electron chi connectivity index (χ2n) is 7.20. The summed E-state index contributed by atoms with van der Waals surface area (Å²) in [6, 6.07) is 15.8. The summed E-state index contributed by atoms with van der Waals surface area (Å²) in [5.74, 6) is 0.322. The minimum absolute atomic E-state index is 0.00614. The summed E-state index contributed by atoms with van der Waals surface area (Å²) in [5.41, 5.74) is 2.53. The topological polar surface area (TPSA) is 95.8 Å². The van der Waals surface area contributed by atoms with E-state index in [1.54, 1.807) is 23.0 Å². The first-order valence-electron chi connectivity index (χ1n) is 9.39. The molecule has 0 amide bonds. The number of nitrogens with zero attached hydrogens (tertiary/aromatic N) is 5. The first-order valence-corrected chi connectivity index (χ1v) is 9.39. The van der Waals surface area contributed by atoms with Gasteiger partial charge in [0.1, 0.15) is 5.52 Å². The van der Waals surface area contributed by atoms with Crippen LogP contribution in [0.5, 0.6) is 0 Å². The zero-order chi connectivity index (χ0) is 20.0. The van der Waals surface area contributed by atoms with Crippen molar-refractivity contribution in [2.75, 3.05) is 0 Å². The monoisotopic (exact) mass is 387 g/mol. The van der Waals surface area contributed by atoms with Crippen molar-refractivity contribution in [3.8, 4) is 5.69 Å². The van der Waals surface area contributed by atoms with E-state index < -0.39 is 4.92 Å². The van der Waals surface area contributed by atoms with E-state index in [-0.39, 0.29) is 17.8 Å². The number of para-hydroxylation sites is 1. The molecule has 2 heterocycles. The molecule has 2 aromatic heterocycles. The third-order valence-corrected chi connectivity index (χ3v) is 5.13. The molecule has 4 aromatic rings. The number of hydrogen-bond acceptors (Lipinski definition) is 5. The van der Waals surface area contributed by atoms with Crippen LogP contribution in [0.25, 0.3) is 16.6 Å². The lowest BCUT2D eigenvalue weighted by molar-refractivity contribution is -0.384. The lowest BCUT2D eigenvalue weighted by Crippen LogP contribution is -2.26. The highest BCUT2D eigenvalue weighted by Crippen LogP contribution is 2.41. The minimum Gasteiger partial charge on any atom is -0.265 e. The second kappa shape index (κ2) is 6.66. The van der Waals surface area contributed by atoms with Crippen LogP contribution in [0.4, 0.5) is 5.69 Å². The van der Waals surface area contributed by atoms with E-state index in [0.717, 1.165) is 29.6 Å². The number of non-ortho nitro benzene ring substituents is 1. The lowest BCUT2D eigenvalue weighted by Gasteiger charge is -2.10. The molecule has 1 aliphatic rings. The zero-order valence-electron chi connectivity index (χ0n) is 15.4. The Morgan fingerprint density at radius 2 is 1.90 bits per heavy atom. The Bertz CT molecular complexity index is 1290. The molecule has 0 aliphatic heterocycles. The molecular weight excluding hydrogens is 370 g/mol. The standard InChI is InChI=1S/C21H17N5O3/c27-21-20-18(12-22-25(20)16-6-2-1-3-7-16)19(15-9-10-15)23-24(21)13-14-5-4-8-17(11-14)26(28)29/h1-8,11-12,15H,9-10,13H2. The quantitative estimate of drug-likeness (QED) is 0.386. The van der Waals surface area contributed by atoms with E-state index in [1.165, 1.54) is 16.8 Å². The molecule has 29 heavy (non-hydrogen) atoms. The smallest absolute Gasteiger partial charge is 0.265 e. The van der Waals surface area contributed by atoms with Crippen molar-refractivity contribution in [1.29, 1.82) is 0 Å². The number of aromatic nitrogens is 4. The Morgan fingerprint density at radius 3 is 2.62 bits per heavy atom. The van der Waals surface area contributed by atoms with Crippen LogP contribution in [-0.2, 0) is 6.54 Å². The Labute approximate surface area is 165 Å². The van der Waals surface area contributed by atoms with Crippen LogP contribution < -0.4 is 5.56 Å². The third-order valence-electron chi connectivity index (χ3n) is 5.13. The summed E-state index contributed by atoms with van der Waals surface area (Å²) >= 11 is 0. The van der Waals surface area contributed by atoms with Crippen LogP contribution >= 0.6 is 0 Å². The van der Waals surface area contributed by atoms with Crippen LogP contribution in [0.3, 0.4) is 0 Å². The maximum absolute atomic E-state index is 13.3. The van der Waals surface area contributed by atoms with Crippen molar-refractivity contribution in [2.45, 2.75) is 25.3 Å². The van der Waals surface area contributed by atoms with Gasteiger partial charge < -0.3 is 0 Å². The van der Waals surface area contributed by atoms with Crippen LogP contribution in [-0.4, -0.2) is 24.5 Å². The molecule has 5 rings (SSSR count). The molecule has 0 atom stereocenters. The minimum atomic E-state index is -0.441. The number of nitro benzene ring substituents is 1. The summed E-state index contributed by atoms with van der Waals surface area (Å²) in [7, 11) is 0. The highest BCUT2D eigenvalue weighted by molar-refractivity contribution is 5.82. The van der Waals surface area contributed by atoms with Gasteiger partial charge in [0.15, 0.2) is 0 Å². The van der Waals surface area contributed by atoms with Gasteiger partial charge in [-0.25, -0.2) is 9.36 Å². The van der Waals surface area contributed by atoms with Crippen LogP contribution in [0.1, 0.15) is 30.0 Å². The van der Waals surface area contributed by atoms with Crippen molar-refractivity contribution < 1.29 is 4.92 Å². The van der Waals surface area contributed by atoms with Gasteiger partial charge >= 0.3 is 0 Å². The summed E-state index contributed by atoms with van der Waals surface area (Å²) < 4.78 is 3.05. The summed E-state index contributed by atoms with van der Waals surface area (Å²) in [4.78, 5) is 23.9. The van der Waals surface area contributed by atoms with Crippen molar-refractivity contribution in [3.05, 3.63) is 92.5 Å². The first-order chi connectivity index (χ1) is 14.1. The molecule has 0 saturated heterocycles. The molecule has 1 saturated carbocycles. The van der Waals surface area contributed by atoms with E-state index in [9.17, 15) is 14.9 Å². The van der Waals surface area contributed by atoms with E-state index in [2.05, 4.69) is 10.2 Å². The molecule has 0 bridgehead atoms. The Balaban J connectivity index is 1.68. The van der Waals surface area contributed by atoms with E-state index in [4.69, 9.17) is 0 Å². The van der Waals surface area contributed by atoms with E-state index in [1.807, 2.05) is 30.3 Å². The van der Waals surface area contributed by atoms with Gasteiger partial charge in [0.05, 0.1) is 29.0 Å². The fourth-order valence-electron chi connectivity index (χ4n) is 3.57. The first kappa shape index (κ1) is 17.3. The van der Waals surface area contributed by atoms with Gasteiger partial charge in [-0.3, -0.25) is 14.9 Å². The van der Waals surface area contributed by atoms with Gasteiger partial charge in [-0.2, -0.15) is 10.2 Å². The summed E-state index contributed by atoms with van der Waals surface area (Å²) in [6.45, 7) is 0.163. The molecule has 1 fully saturated rings.